The minimum absolute atomic E-state index is 0.362. The number of hydrogen-bond donors (Lipinski definition) is 0. The van der Waals surface area contributed by atoms with Gasteiger partial charge in [-0.15, -0.1) is 0 Å². The first kappa shape index (κ1) is 12.2. The molecule has 2 aromatic carbocycles. The number of hydrogen-bond acceptors (Lipinski definition) is 3. The predicted molar refractivity (Wildman–Crippen MR) is 66.4 cm³/mol. The Hall–Kier alpha value is -2.30. The van der Waals surface area contributed by atoms with E-state index in [9.17, 15) is 4.39 Å². The average Bonchev–Trinajstić information content (AvgIpc) is 2.41. The standard InChI is InChI=1S/C14H7FN2S/c15-12-6-1-2-7-13(12)18-14-10(8-16)4-3-5-11(14)9-17/h1-7H. The van der Waals surface area contributed by atoms with Crippen LogP contribution in [-0.4, -0.2) is 0 Å². The summed E-state index contributed by atoms with van der Waals surface area (Å²) in [7, 11) is 0. The van der Waals surface area contributed by atoms with Gasteiger partial charge in [0, 0.05) is 9.79 Å². The summed E-state index contributed by atoms with van der Waals surface area (Å²) in [6.45, 7) is 0. The van der Waals surface area contributed by atoms with Crippen LogP contribution in [0.1, 0.15) is 11.1 Å². The molecule has 0 radical (unpaired) electrons. The lowest BCUT2D eigenvalue weighted by atomic mass is 10.1. The third kappa shape index (κ3) is 2.34. The second-order valence-electron chi connectivity index (χ2n) is 3.44. The molecule has 0 aromatic heterocycles. The lowest BCUT2D eigenvalue weighted by Gasteiger charge is -2.06. The van der Waals surface area contributed by atoms with E-state index < -0.39 is 0 Å². The van der Waals surface area contributed by atoms with Crippen molar-refractivity contribution in [1.29, 1.82) is 10.5 Å². The van der Waals surface area contributed by atoms with Crippen LogP contribution in [0.4, 0.5) is 4.39 Å². The van der Waals surface area contributed by atoms with Crippen LogP contribution >= 0.6 is 11.8 Å². The molecule has 0 bridgehead atoms. The first-order chi connectivity index (χ1) is 8.76. The van der Waals surface area contributed by atoms with E-state index in [1.54, 1.807) is 36.4 Å². The van der Waals surface area contributed by atoms with Gasteiger partial charge in [-0.05, 0) is 24.3 Å². The van der Waals surface area contributed by atoms with Crippen molar-refractivity contribution in [3.8, 4) is 12.1 Å². The summed E-state index contributed by atoms with van der Waals surface area (Å²) in [5, 5.41) is 18.0. The van der Waals surface area contributed by atoms with Crippen LogP contribution < -0.4 is 0 Å². The van der Waals surface area contributed by atoms with Gasteiger partial charge in [0.2, 0.25) is 0 Å². The summed E-state index contributed by atoms with van der Waals surface area (Å²) in [5.41, 5.74) is 0.754. The molecule has 0 amide bonds. The molecule has 2 rings (SSSR count). The van der Waals surface area contributed by atoms with Crippen LogP contribution in [0.2, 0.25) is 0 Å². The summed E-state index contributed by atoms with van der Waals surface area (Å²) in [6.07, 6.45) is 0. The van der Waals surface area contributed by atoms with Gasteiger partial charge < -0.3 is 0 Å². The molecule has 86 valence electrons. The Morgan fingerprint density at radius 3 is 2.06 bits per heavy atom. The van der Waals surface area contributed by atoms with Gasteiger partial charge >= 0.3 is 0 Å². The summed E-state index contributed by atoms with van der Waals surface area (Å²) < 4.78 is 13.6. The predicted octanol–water partition coefficient (Wildman–Crippen LogP) is 3.72. The van der Waals surface area contributed by atoms with Crippen LogP contribution in [0.3, 0.4) is 0 Å². The fourth-order valence-electron chi connectivity index (χ4n) is 1.46. The average molecular weight is 254 g/mol. The molecule has 2 aromatic rings. The van der Waals surface area contributed by atoms with Crippen molar-refractivity contribution in [2.24, 2.45) is 0 Å². The monoisotopic (exact) mass is 254 g/mol. The zero-order chi connectivity index (χ0) is 13.0. The highest BCUT2D eigenvalue weighted by Crippen LogP contribution is 2.34. The fraction of sp³-hybridized carbons (Fsp3) is 0. The maximum absolute atomic E-state index is 13.6. The Labute approximate surface area is 108 Å². The molecular formula is C14H7FN2S. The highest BCUT2D eigenvalue weighted by Gasteiger charge is 2.11. The molecule has 18 heavy (non-hydrogen) atoms. The molecule has 0 unspecified atom stereocenters. The molecule has 0 aliphatic carbocycles. The van der Waals surface area contributed by atoms with Gasteiger partial charge in [0.05, 0.1) is 11.1 Å². The topological polar surface area (TPSA) is 47.6 Å². The first-order valence-electron chi connectivity index (χ1n) is 5.12. The maximum Gasteiger partial charge on any atom is 0.137 e. The van der Waals surface area contributed by atoms with Crippen molar-refractivity contribution >= 4 is 11.8 Å². The summed E-state index contributed by atoms with van der Waals surface area (Å²) in [6, 6.07) is 15.2. The van der Waals surface area contributed by atoms with Crippen molar-refractivity contribution in [3.05, 3.63) is 59.4 Å². The van der Waals surface area contributed by atoms with Crippen LogP contribution in [0.15, 0.2) is 52.3 Å². The SMILES string of the molecule is N#Cc1cccc(C#N)c1Sc1ccccc1F. The van der Waals surface area contributed by atoms with Gasteiger partial charge in [0.25, 0.3) is 0 Å². The summed E-state index contributed by atoms with van der Waals surface area (Å²) >= 11 is 1.10. The van der Waals surface area contributed by atoms with Crippen LogP contribution in [0.5, 0.6) is 0 Å². The van der Waals surface area contributed by atoms with Gasteiger partial charge in [-0.1, -0.05) is 30.0 Å². The second kappa shape index (κ2) is 5.35. The number of nitriles is 2. The van der Waals surface area contributed by atoms with Crippen molar-refractivity contribution in [2.75, 3.05) is 0 Å². The summed E-state index contributed by atoms with van der Waals surface area (Å²) in [4.78, 5) is 0.893. The Morgan fingerprint density at radius 1 is 0.889 bits per heavy atom. The highest BCUT2D eigenvalue weighted by atomic mass is 32.2. The quantitative estimate of drug-likeness (QED) is 0.820. The normalized spacial score (nSPS) is 9.50. The van der Waals surface area contributed by atoms with E-state index in [1.807, 2.05) is 12.1 Å². The number of halogens is 1. The van der Waals surface area contributed by atoms with Crippen molar-refractivity contribution in [2.45, 2.75) is 9.79 Å². The van der Waals surface area contributed by atoms with Crippen molar-refractivity contribution in [3.63, 3.8) is 0 Å². The molecule has 0 saturated carbocycles. The molecular weight excluding hydrogens is 247 g/mol. The minimum Gasteiger partial charge on any atom is -0.206 e. The van der Waals surface area contributed by atoms with Crippen LogP contribution in [0.25, 0.3) is 0 Å². The van der Waals surface area contributed by atoms with E-state index in [1.165, 1.54) is 6.07 Å². The molecule has 0 heterocycles. The highest BCUT2D eigenvalue weighted by molar-refractivity contribution is 7.99. The molecule has 2 nitrogen and oxygen atoms in total. The van der Waals surface area contributed by atoms with Gasteiger partial charge in [0.1, 0.15) is 18.0 Å². The van der Waals surface area contributed by atoms with Gasteiger partial charge in [-0.3, -0.25) is 0 Å². The number of rotatable bonds is 2. The first-order valence-corrected chi connectivity index (χ1v) is 5.93. The zero-order valence-electron chi connectivity index (χ0n) is 9.22. The molecule has 0 atom stereocenters. The number of nitrogens with zero attached hydrogens (tertiary/aromatic N) is 2. The lowest BCUT2D eigenvalue weighted by molar-refractivity contribution is 0.602. The zero-order valence-corrected chi connectivity index (χ0v) is 10.0. The minimum atomic E-state index is -0.362. The third-order valence-electron chi connectivity index (χ3n) is 2.30. The van der Waals surface area contributed by atoms with E-state index in [0.717, 1.165) is 11.8 Å². The second-order valence-corrected chi connectivity index (χ2v) is 4.49. The van der Waals surface area contributed by atoms with E-state index >= 15 is 0 Å². The lowest BCUT2D eigenvalue weighted by Crippen LogP contribution is -1.88. The molecule has 0 aliphatic rings. The molecule has 4 heteroatoms. The van der Waals surface area contributed by atoms with Gasteiger partial charge in [0.15, 0.2) is 0 Å². The largest absolute Gasteiger partial charge is 0.206 e. The Bertz CT molecular complexity index is 636. The summed E-state index contributed by atoms with van der Waals surface area (Å²) in [5.74, 6) is -0.362. The Balaban J connectivity index is 2.50. The van der Waals surface area contributed by atoms with Crippen molar-refractivity contribution in [1.82, 2.24) is 0 Å². The van der Waals surface area contributed by atoms with E-state index in [-0.39, 0.29) is 5.82 Å². The molecule has 0 spiro atoms. The van der Waals surface area contributed by atoms with Crippen LogP contribution in [0, 0.1) is 28.5 Å². The van der Waals surface area contributed by atoms with Crippen LogP contribution in [-0.2, 0) is 0 Å². The molecule has 0 aliphatic heterocycles. The smallest absolute Gasteiger partial charge is 0.137 e. The van der Waals surface area contributed by atoms with Crippen molar-refractivity contribution < 1.29 is 4.39 Å². The van der Waals surface area contributed by atoms with E-state index in [4.69, 9.17) is 10.5 Å². The maximum atomic E-state index is 13.6. The Morgan fingerprint density at radius 2 is 1.50 bits per heavy atom. The third-order valence-corrected chi connectivity index (χ3v) is 3.50. The number of benzene rings is 2. The molecule has 0 fully saturated rings. The Kier molecular flexibility index (Phi) is 3.62. The fourth-order valence-corrected chi connectivity index (χ4v) is 2.44. The molecule has 0 saturated heterocycles. The molecule has 0 N–H and O–H groups in total. The van der Waals surface area contributed by atoms with E-state index in [2.05, 4.69) is 0 Å². The van der Waals surface area contributed by atoms with Gasteiger partial charge in [-0.25, -0.2) is 4.39 Å². The van der Waals surface area contributed by atoms with E-state index in [0.29, 0.717) is 20.9 Å². The van der Waals surface area contributed by atoms with Gasteiger partial charge in [-0.2, -0.15) is 10.5 Å².